The summed E-state index contributed by atoms with van der Waals surface area (Å²) in [4.78, 5) is 9.54. The summed E-state index contributed by atoms with van der Waals surface area (Å²) in [5.74, 6) is -0.617. The van der Waals surface area contributed by atoms with Gasteiger partial charge in [-0.2, -0.15) is 14.0 Å². The summed E-state index contributed by atoms with van der Waals surface area (Å²) in [6, 6.07) is 4.64. The van der Waals surface area contributed by atoms with Gasteiger partial charge in [0.05, 0.1) is 16.6 Å². The molecule has 0 heterocycles. The highest BCUT2D eigenvalue weighted by molar-refractivity contribution is 5.51. The third-order valence-electron chi connectivity index (χ3n) is 1.50. The van der Waals surface area contributed by atoms with Gasteiger partial charge < -0.3 is 4.74 Å². The number of halogens is 2. The van der Waals surface area contributed by atoms with Crippen LogP contribution in [-0.2, 0) is 0 Å². The van der Waals surface area contributed by atoms with E-state index in [1.165, 1.54) is 0 Å². The van der Waals surface area contributed by atoms with E-state index in [1.54, 1.807) is 6.07 Å². The molecule has 0 aliphatic heterocycles. The minimum absolute atomic E-state index is 0.0104. The molecule has 0 unspecified atom stereocenters. The number of rotatable bonds is 3. The van der Waals surface area contributed by atoms with Crippen LogP contribution in [0, 0.1) is 21.4 Å². The van der Waals surface area contributed by atoms with E-state index in [0.717, 1.165) is 18.2 Å². The number of hydrogen-bond acceptors (Lipinski definition) is 4. The molecule has 5 nitrogen and oxygen atoms in total. The van der Waals surface area contributed by atoms with Crippen molar-refractivity contribution >= 4 is 5.69 Å². The van der Waals surface area contributed by atoms with Crippen molar-refractivity contribution in [3.63, 3.8) is 0 Å². The van der Waals surface area contributed by atoms with Crippen LogP contribution in [0.15, 0.2) is 18.2 Å². The molecule has 0 amide bonds. The Labute approximate surface area is 96.4 Å². The number of nitrogens with zero attached hydrogens (tertiary/aromatic N) is 2. The Morgan fingerprint density at radius 2 is 2.06 bits per heavy atom. The molecular weight excluding hydrogens is 234 g/mol. The van der Waals surface area contributed by atoms with E-state index in [0.29, 0.717) is 0 Å². The maximum absolute atomic E-state index is 11.9. The van der Waals surface area contributed by atoms with Crippen LogP contribution in [0.3, 0.4) is 0 Å². The molecule has 1 aromatic rings. The Kier molecular flexibility index (Phi) is 6.18. The molecule has 17 heavy (non-hydrogen) atoms. The molecule has 0 saturated heterocycles. The van der Waals surface area contributed by atoms with Gasteiger partial charge in [-0.3, -0.25) is 10.1 Å². The zero-order valence-electron chi connectivity index (χ0n) is 9.18. The van der Waals surface area contributed by atoms with Gasteiger partial charge in [0.25, 0.3) is 0 Å². The van der Waals surface area contributed by atoms with Crippen molar-refractivity contribution in [2.24, 2.45) is 0 Å². The number of nitriles is 1. The van der Waals surface area contributed by atoms with Gasteiger partial charge in [-0.15, -0.1) is 0 Å². The molecule has 0 N–H and O–H groups in total. The van der Waals surface area contributed by atoms with Crippen molar-refractivity contribution < 1.29 is 18.4 Å². The van der Waals surface area contributed by atoms with Crippen molar-refractivity contribution in [2.45, 2.75) is 20.5 Å². The standard InChI is InChI=1S/C8H4F2N2O3.C2H6/c9-8(10)15-7-3-5(4-11)1-2-6(7)12(13)14;1-2/h1-3,8H;1-2H3. The first kappa shape index (κ1) is 14.8. The van der Waals surface area contributed by atoms with Crippen molar-refractivity contribution in [1.29, 1.82) is 5.26 Å². The predicted octanol–water partition coefficient (Wildman–Crippen LogP) is 3.09. The maximum atomic E-state index is 11.9. The summed E-state index contributed by atoms with van der Waals surface area (Å²) in [7, 11) is 0. The summed E-state index contributed by atoms with van der Waals surface area (Å²) in [5, 5.41) is 18.9. The van der Waals surface area contributed by atoms with Crippen LogP contribution in [0.5, 0.6) is 5.75 Å². The first-order valence-electron chi connectivity index (χ1n) is 4.68. The van der Waals surface area contributed by atoms with E-state index in [2.05, 4.69) is 4.74 Å². The van der Waals surface area contributed by atoms with Gasteiger partial charge >= 0.3 is 12.3 Å². The Morgan fingerprint density at radius 1 is 1.47 bits per heavy atom. The van der Waals surface area contributed by atoms with Gasteiger partial charge in [-0.1, -0.05) is 13.8 Å². The monoisotopic (exact) mass is 244 g/mol. The summed E-state index contributed by atoms with van der Waals surface area (Å²) >= 11 is 0. The smallest absolute Gasteiger partial charge is 0.387 e. The Morgan fingerprint density at radius 3 is 2.47 bits per heavy atom. The van der Waals surface area contributed by atoms with Crippen molar-refractivity contribution in [3.05, 3.63) is 33.9 Å². The molecule has 0 fully saturated rings. The summed E-state index contributed by atoms with van der Waals surface area (Å²) in [5.41, 5.74) is -0.592. The SMILES string of the molecule is CC.N#Cc1ccc([N+](=O)[O-])c(OC(F)F)c1. The van der Waals surface area contributed by atoms with Gasteiger partial charge in [0.2, 0.25) is 5.75 Å². The van der Waals surface area contributed by atoms with Crippen molar-refractivity contribution in [2.75, 3.05) is 0 Å². The van der Waals surface area contributed by atoms with Crippen molar-refractivity contribution in [1.82, 2.24) is 0 Å². The fourth-order valence-corrected chi connectivity index (χ4v) is 0.925. The number of ether oxygens (including phenoxy) is 1. The zero-order valence-corrected chi connectivity index (χ0v) is 9.18. The predicted molar refractivity (Wildman–Crippen MR) is 55.8 cm³/mol. The Hall–Kier alpha value is -2.23. The molecule has 0 saturated carbocycles. The van der Waals surface area contributed by atoms with Crippen LogP contribution in [-0.4, -0.2) is 11.5 Å². The molecule has 1 aromatic carbocycles. The Balaban J connectivity index is 0.00000121. The fourth-order valence-electron chi connectivity index (χ4n) is 0.925. The van der Waals surface area contributed by atoms with Crippen LogP contribution in [0.4, 0.5) is 14.5 Å². The van der Waals surface area contributed by atoms with Gasteiger partial charge in [-0.05, 0) is 6.07 Å². The van der Waals surface area contributed by atoms with E-state index >= 15 is 0 Å². The van der Waals surface area contributed by atoms with Crippen LogP contribution in [0.1, 0.15) is 19.4 Å². The number of benzene rings is 1. The van der Waals surface area contributed by atoms with Crippen LogP contribution in [0.2, 0.25) is 0 Å². The zero-order chi connectivity index (χ0) is 13.4. The molecule has 0 bridgehead atoms. The number of nitro groups is 1. The topological polar surface area (TPSA) is 76.2 Å². The minimum atomic E-state index is -3.17. The molecular formula is C10H10F2N2O3. The molecule has 1 rings (SSSR count). The van der Waals surface area contributed by atoms with Gasteiger partial charge in [-0.25, -0.2) is 0 Å². The quantitative estimate of drug-likeness (QED) is 0.604. The van der Waals surface area contributed by atoms with Crippen LogP contribution < -0.4 is 4.74 Å². The average Bonchev–Trinajstić information content (AvgIpc) is 2.30. The number of hydrogen-bond donors (Lipinski definition) is 0. The molecule has 0 radical (unpaired) electrons. The Bertz CT molecular complexity index is 430. The molecule has 0 aromatic heterocycles. The van der Waals surface area contributed by atoms with Crippen molar-refractivity contribution in [3.8, 4) is 11.8 Å². The normalized spacial score (nSPS) is 8.94. The van der Waals surface area contributed by atoms with E-state index in [-0.39, 0.29) is 5.56 Å². The highest BCUT2D eigenvalue weighted by Crippen LogP contribution is 2.28. The summed E-state index contributed by atoms with van der Waals surface area (Å²) in [6.45, 7) is 0.831. The second kappa shape index (κ2) is 7.11. The van der Waals surface area contributed by atoms with Gasteiger partial charge in [0.15, 0.2) is 0 Å². The molecule has 92 valence electrons. The molecule has 0 aliphatic rings. The molecule has 7 heteroatoms. The first-order chi connectivity index (χ1) is 8.04. The summed E-state index contributed by atoms with van der Waals surface area (Å²) in [6.07, 6.45) is 0. The third kappa shape index (κ3) is 4.42. The minimum Gasteiger partial charge on any atom is -0.427 e. The summed E-state index contributed by atoms with van der Waals surface area (Å²) < 4.78 is 27.7. The lowest BCUT2D eigenvalue weighted by Gasteiger charge is -2.04. The lowest BCUT2D eigenvalue weighted by molar-refractivity contribution is -0.386. The van der Waals surface area contributed by atoms with Crippen LogP contribution in [0.25, 0.3) is 0 Å². The lowest BCUT2D eigenvalue weighted by Crippen LogP contribution is -2.04. The lowest BCUT2D eigenvalue weighted by atomic mass is 10.2. The van der Waals surface area contributed by atoms with E-state index < -0.39 is 23.0 Å². The molecule has 0 atom stereocenters. The highest BCUT2D eigenvalue weighted by atomic mass is 19.3. The molecule has 0 spiro atoms. The number of nitro benzene ring substituents is 1. The second-order valence-corrected chi connectivity index (χ2v) is 2.43. The van der Waals surface area contributed by atoms with E-state index in [1.807, 2.05) is 13.8 Å². The largest absolute Gasteiger partial charge is 0.427 e. The third-order valence-corrected chi connectivity index (χ3v) is 1.50. The fraction of sp³-hybridized carbons (Fsp3) is 0.300. The van der Waals surface area contributed by atoms with E-state index in [4.69, 9.17) is 5.26 Å². The maximum Gasteiger partial charge on any atom is 0.387 e. The first-order valence-corrected chi connectivity index (χ1v) is 4.68. The van der Waals surface area contributed by atoms with Gasteiger partial charge in [0, 0.05) is 12.1 Å². The molecule has 0 aliphatic carbocycles. The second-order valence-electron chi connectivity index (χ2n) is 2.43. The van der Waals surface area contributed by atoms with Crippen LogP contribution >= 0.6 is 0 Å². The average molecular weight is 244 g/mol. The number of alkyl halides is 2. The van der Waals surface area contributed by atoms with E-state index in [9.17, 15) is 18.9 Å². The highest BCUT2D eigenvalue weighted by Gasteiger charge is 2.18. The van der Waals surface area contributed by atoms with Gasteiger partial charge in [0.1, 0.15) is 0 Å².